The molecule has 0 saturated heterocycles. The summed E-state index contributed by atoms with van der Waals surface area (Å²) in [6.07, 6.45) is 0. The van der Waals surface area contributed by atoms with E-state index >= 15 is 0 Å². The molecule has 0 fully saturated rings. The molecule has 25 heavy (non-hydrogen) atoms. The molecule has 0 aliphatic rings. The van der Waals surface area contributed by atoms with Gasteiger partial charge in [0.2, 0.25) is 0 Å². The number of benzene rings is 2. The van der Waals surface area contributed by atoms with E-state index in [9.17, 15) is 5.11 Å². The van der Waals surface area contributed by atoms with E-state index in [1.807, 2.05) is 44.2 Å². The van der Waals surface area contributed by atoms with Gasteiger partial charge < -0.3 is 26.7 Å². The fourth-order valence-corrected chi connectivity index (χ4v) is 2.33. The molecular formula is C19H26ClN3O2. The summed E-state index contributed by atoms with van der Waals surface area (Å²) in [5.41, 5.74) is 3.55. The highest BCUT2D eigenvalue weighted by atomic mass is 35.5. The normalized spacial score (nSPS) is 11.5. The van der Waals surface area contributed by atoms with E-state index < -0.39 is 0 Å². The van der Waals surface area contributed by atoms with Gasteiger partial charge >= 0.3 is 0 Å². The molecule has 0 heterocycles. The van der Waals surface area contributed by atoms with Crippen LogP contribution in [0.3, 0.4) is 0 Å². The summed E-state index contributed by atoms with van der Waals surface area (Å²) in [5, 5.41) is 18.6. The number of hydrogen-bond donors (Lipinski definition) is 1. The molecule has 0 spiro atoms. The molecule has 5 nitrogen and oxygen atoms in total. The minimum absolute atomic E-state index is 0. The van der Waals surface area contributed by atoms with Crippen molar-refractivity contribution in [3.05, 3.63) is 53.6 Å². The van der Waals surface area contributed by atoms with Gasteiger partial charge in [-0.25, -0.2) is 0 Å². The van der Waals surface area contributed by atoms with E-state index in [1.54, 1.807) is 12.1 Å². The van der Waals surface area contributed by atoms with Crippen molar-refractivity contribution in [1.82, 2.24) is 0 Å². The van der Waals surface area contributed by atoms with Gasteiger partial charge in [-0.3, -0.25) is 0 Å². The molecule has 0 atom stereocenters. The Morgan fingerprint density at radius 1 is 1.00 bits per heavy atom. The van der Waals surface area contributed by atoms with Crippen LogP contribution < -0.4 is 12.4 Å². The van der Waals surface area contributed by atoms with Gasteiger partial charge in [0, 0.05) is 6.61 Å². The lowest BCUT2D eigenvalue weighted by molar-refractivity contribution is -0.922. The maximum atomic E-state index is 10.1. The summed E-state index contributed by atoms with van der Waals surface area (Å²) in [4.78, 5) is 0. The van der Waals surface area contributed by atoms with Crippen LogP contribution in [0.2, 0.25) is 0 Å². The average Bonchev–Trinajstić information content (AvgIpc) is 2.55. The second kappa shape index (κ2) is 9.51. The van der Waals surface area contributed by atoms with E-state index in [4.69, 9.17) is 4.74 Å². The van der Waals surface area contributed by atoms with Gasteiger partial charge in [0.15, 0.2) is 6.73 Å². The molecule has 0 bridgehead atoms. The molecule has 2 rings (SSSR count). The Morgan fingerprint density at radius 3 is 2.24 bits per heavy atom. The van der Waals surface area contributed by atoms with Gasteiger partial charge in [-0.05, 0) is 44.2 Å². The molecule has 0 aliphatic heterocycles. The van der Waals surface area contributed by atoms with Crippen molar-refractivity contribution < 1.29 is 26.7 Å². The number of quaternary nitrogens is 1. The van der Waals surface area contributed by atoms with Crippen LogP contribution in [-0.4, -0.2) is 37.0 Å². The van der Waals surface area contributed by atoms with Crippen LogP contribution in [0.4, 0.5) is 11.4 Å². The van der Waals surface area contributed by atoms with Crippen molar-refractivity contribution in [3.8, 4) is 5.75 Å². The quantitative estimate of drug-likeness (QED) is 0.462. The summed E-state index contributed by atoms with van der Waals surface area (Å²) in [6.45, 7) is 5.93. The predicted octanol–water partition coefficient (Wildman–Crippen LogP) is 1.69. The van der Waals surface area contributed by atoms with Crippen LogP contribution in [0.25, 0.3) is 0 Å². The Hall–Kier alpha value is -1.95. The number of phenolic OH excluding ortho intramolecular Hbond substituents is 1. The van der Waals surface area contributed by atoms with E-state index in [2.05, 4.69) is 24.3 Å². The van der Waals surface area contributed by atoms with Crippen LogP contribution in [0.1, 0.15) is 18.1 Å². The zero-order valence-electron chi connectivity index (χ0n) is 15.2. The third-order valence-electron chi connectivity index (χ3n) is 3.62. The number of rotatable bonds is 7. The van der Waals surface area contributed by atoms with Crippen molar-refractivity contribution in [2.75, 3.05) is 27.4 Å². The molecule has 136 valence electrons. The Morgan fingerprint density at radius 2 is 1.60 bits per heavy atom. The van der Waals surface area contributed by atoms with Gasteiger partial charge in [-0.2, -0.15) is 10.2 Å². The number of ether oxygens (including phenoxy) is 1. The second-order valence-electron chi connectivity index (χ2n) is 6.56. The molecule has 0 unspecified atom stereocenters. The molecule has 0 saturated carbocycles. The Kier molecular flexibility index (Phi) is 8.03. The molecule has 2 aromatic rings. The van der Waals surface area contributed by atoms with Crippen molar-refractivity contribution in [3.63, 3.8) is 0 Å². The number of halogens is 1. The average molecular weight is 364 g/mol. The van der Waals surface area contributed by atoms with Gasteiger partial charge in [0.25, 0.3) is 0 Å². The summed E-state index contributed by atoms with van der Waals surface area (Å²) in [7, 11) is 4.13. The summed E-state index contributed by atoms with van der Waals surface area (Å²) in [6, 6.07) is 13.2. The molecule has 6 heteroatoms. The fourth-order valence-electron chi connectivity index (χ4n) is 2.33. The van der Waals surface area contributed by atoms with Gasteiger partial charge in [0.05, 0.1) is 31.0 Å². The van der Waals surface area contributed by atoms with Crippen molar-refractivity contribution in [1.29, 1.82) is 0 Å². The van der Waals surface area contributed by atoms with E-state index in [1.165, 1.54) is 5.56 Å². The second-order valence-corrected chi connectivity index (χ2v) is 6.56. The lowest BCUT2D eigenvalue weighted by Gasteiger charge is -2.29. The Bertz CT molecular complexity index is 700. The summed E-state index contributed by atoms with van der Waals surface area (Å²) < 4.78 is 6.13. The lowest BCUT2D eigenvalue weighted by atomic mass is 10.1. The smallest absolute Gasteiger partial charge is 0.182 e. The first-order valence-corrected chi connectivity index (χ1v) is 8.10. The van der Waals surface area contributed by atoms with Crippen LogP contribution >= 0.6 is 0 Å². The lowest BCUT2D eigenvalue weighted by Crippen LogP contribution is -3.00. The highest BCUT2D eigenvalue weighted by Gasteiger charge is 2.18. The number of aryl methyl sites for hydroxylation is 1. The fraction of sp³-hybridized carbons (Fsp3) is 0.368. The first-order valence-electron chi connectivity index (χ1n) is 8.10. The standard InChI is InChI=1S/C19H25N3O2.ClH/c1-5-24-14-22(3,4)13-16-12-18(10-11-19(16)23)21-20-17-8-6-15(2)7-9-17;/h6-12H,5,13-14H2,1-4H3;1H. The van der Waals surface area contributed by atoms with Crippen LogP contribution in [-0.2, 0) is 11.3 Å². The summed E-state index contributed by atoms with van der Waals surface area (Å²) >= 11 is 0. The Balaban J connectivity index is 0.00000312. The van der Waals surface area contributed by atoms with Crippen LogP contribution in [0, 0.1) is 6.92 Å². The number of phenols is 1. The molecule has 2 aromatic carbocycles. The predicted molar refractivity (Wildman–Crippen MR) is 95.8 cm³/mol. The molecule has 0 aromatic heterocycles. The monoisotopic (exact) mass is 363 g/mol. The highest BCUT2D eigenvalue weighted by molar-refractivity contribution is 5.47. The Labute approximate surface area is 156 Å². The van der Waals surface area contributed by atoms with E-state index in [-0.39, 0.29) is 18.2 Å². The van der Waals surface area contributed by atoms with E-state index in [0.29, 0.717) is 24.4 Å². The van der Waals surface area contributed by atoms with Crippen LogP contribution in [0.5, 0.6) is 5.75 Å². The first-order chi connectivity index (χ1) is 11.4. The number of hydrogen-bond acceptors (Lipinski definition) is 4. The van der Waals surface area contributed by atoms with Crippen molar-refractivity contribution in [2.24, 2.45) is 10.2 Å². The third kappa shape index (κ3) is 6.82. The number of nitrogens with zero attached hydrogens (tertiary/aromatic N) is 3. The first kappa shape index (κ1) is 21.1. The largest absolute Gasteiger partial charge is 1.00 e. The minimum atomic E-state index is 0. The van der Waals surface area contributed by atoms with Gasteiger partial charge in [-0.1, -0.05) is 17.7 Å². The zero-order chi connectivity index (χ0) is 17.6. The van der Waals surface area contributed by atoms with Crippen LogP contribution in [0.15, 0.2) is 52.7 Å². The summed E-state index contributed by atoms with van der Waals surface area (Å²) in [5.74, 6) is 0.270. The van der Waals surface area contributed by atoms with Crippen molar-refractivity contribution in [2.45, 2.75) is 20.4 Å². The number of azo groups is 1. The molecule has 1 N–H and O–H groups in total. The van der Waals surface area contributed by atoms with E-state index in [0.717, 1.165) is 16.9 Å². The minimum Gasteiger partial charge on any atom is -1.00 e. The zero-order valence-corrected chi connectivity index (χ0v) is 16.0. The number of aromatic hydroxyl groups is 1. The topological polar surface area (TPSA) is 54.2 Å². The molecule has 0 aliphatic carbocycles. The van der Waals surface area contributed by atoms with Gasteiger partial charge in [-0.15, -0.1) is 0 Å². The molecule has 0 radical (unpaired) electrons. The third-order valence-corrected chi connectivity index (χ3v) is 3.62. The molecular weight excluding hydrogens is 338 g/mol. The highest BCUT2D eigenvalue weighted by Crippen LogP contribution is 2.27. The van der Waals surface area contributed by atoms with Crippen molar-refractivity contribution >= 4 is 11.4 Å². The maximum absolute atomic E-state index is 10.1. The maximum Gasteiger partial charge on any atom is 0.182 e. The SMILES string of the molecule is CCOC[N+](C)(C)Cc1cc(N=Nc2ccc(C)cc2)ccc1O.[Cl-]. The molecule has 0 amide bonds. The van der Waals surface area contributed by atoms with Gasteiger partial charge in [0.1, 0.15) is 12.3 Å².